The second-order valence-electron chi connectivity index (χ2n) is 12.7. The van der Waals surface area contributed by atoms with E-state index < -0.39 is 145 Å². The SMILES string of the molecule is O=S(=O)(O)OCCS(=O)(=O)c1cccc(N=c2nc(Cl)[nH]c(=Nc3cc(S(=O)(=O)O)cc4cc(S(=O)(=O)O)c(N=Nc5ccc6c(OS(=O)(=O)O)cccc6c5OS(=O)(=O)O)c(O)c34)[nH]2)c1. The number of azo groups is 1. The quantitative estimate of drug-likeness (QED) is 0.0541. The third kappa shape index (κ3) is 12.2. The lowest BCUT2D eigenvalue weighted by Crippen LogP contribution is -2.26. The number of aromatic nitrogens is 3. The Labute approximate surface area is 374 Å². The van der Waals surface area contributed by atoms with Crippen molar-refractivity contribution in [3.05, 3.63) is 89.3 Å². The first-order chi connectivity index (χ1) is 30.4. The molecule has 0 aliphatic rings. The summed E-state index contributed by atoms with van der Waals surface area (Å²) in [7, 11) is -30.4. The number of aromatic amines is 2. The zero-order chi connectivity index (χ0) is 48.8. The van der Waals surface area contributed by atoms with Gasteiger partial charge in [-0.05, 0) is 71.6 Å². The molecule has 0 atom stereocenters. The van der Waals surface area contributed by atoms with Crippen molar-refractivity contribution < 1.29 is 90.9 Å². The second-order valence-corrected chi connectivity index (χ2v) is 21.1. The zero-order valence-electron chi connectivity index (χ0n) is 31.7. The summed E-state index contributed by atoms with van der Waals surface area (Å²) in [5.74, 6) is -3.63. The van der Waals surface area contributed by atoms with E-state index in [9.17, 15) is 73.8 Å². The second kappa shape index (κ2) is 18.0. The molecule has 0 spiro atoms. The van der Waals surface area contributed by atoms with Crippen LogP contribution in [-0.2, 0) is 65.5 Å². The smallest absolute Gasteiger partial charge is 0.446 e. The number of benzene rings is 5. The van der Waals surface area contributed by atoms with Gasteiger partial charge in [-0.3, -0.25) is 27.7 Å². The molecule has 5 aromatic carbocycles. The molecule has 0 unspecified atom stereocenters. The number of hydrogen-bond donors (Lipinski definition) is 8. The minimum atomic E-state index is -5.48. The molecule has 352 valence electrons. The molecule has 66 heavy (non-hydrogen) atoms. The lowest BCUT2D eigenvalue weighted by Gasteiger charge is -2.13. The number of phenols is 1. The molecular weight excluding hydrogens is 1030 g/mol. The number of rotatable bonds is 15. The van der Waals surface area contributed by atoms with Gasteiger partial charge in [-0.1, -0.05) is 18.2 Å². The standard InChI is InChI=1S/C31H24ClN7O21S6/c32-29-35-30(33-16-3-1-4-17(13-16)61(41,42)10-9-58-64(49,50)51)37-31(36-29)34-22-14-18(62(43,44)45)11-15-12-24(63(46,47)48)26(27(40)25(15)22)39-38-21-8-7-19-20(28(21)60-66(55,56)57)5-2-6-23(19)59-65(52,53)54/h1-8,11-14,40H,9-10H2,(H,43,44,45)(H,46,47,48)(H,49,50,51)(H,52,53,54)(H,55,56,57)(H2,33,34,35,36,37). The molecule has 35 heteroatoms. The van der Waals surface area contributed by atoms with E-state index in [1.165, 1.54) is 12.1 Å². The Balaban J connectivity index is 1.56. The van der Waals surface area contributed by atoms with Crippen molar-refractivity contribution in [1.82, 2.24) is 15.0 Å². The fraction of sp³-hybridized carbons (Fsp3) is 0.0645. The van der Waals surface area contributed by atoms with Crippen molar-refractivity contribution in [2.24, 2.45) is 20.2 Å². The Bertz CT molecular complexity index is 3880. The van der Waals surface area contributed by atoms with E-state index in [1.54, 1.807) is 0 Å². The van der Waals surface area contributed by atoms with Crippen molar-refractivity contribution in [2.45, 2.75) is 14.7 Å². The summed E-state index contributed by atoms with van der Waals surface area (Å²) in [6.45, 7) is -0.935. The number of aromatic hydroxyl groups is 1. The maximum atomic E-state index is 12.8. The number of nitrogens with zero attached hydrogens (tertiary/aromatic N) is 5. The van der Waals surface area contributed by atoms with Crippen LogP contribution in [0.4, 0.5) is 22.7 Å². The van der Waals surface area contributed by atoms with E-state index in [2.05, 4.69) is 47.7 Å². The minimum absolute atomic E-state index is 0.114. The molecule has 8 N–H and O–H groups in total. The molecule has 0 aliphatic heterocycles. The van der Waals surface area contributed by atoms with Gasteiger partial charge in [-0.15, -0.1) is 10.2 Å². The summed E-state index contributed by atoms with van der Waals surface area (Å²) in [6, 6.07) is 11.6. The van der Waals surface area contributed by atoms with Crippen LogP contribution in [0.3, 0.4) is 0 Å². The molecule has 0 amide bonds. The van der Waals surface area contributed by atoms with Crippen LogP contribution in [0.1, 0.15) is 0 Å². The van der Waals surface area contributed by atoms with E-state index in [-0.39, 0.29) is 21.4 Å². The first kappa shape index (κ1) is 49.4. The number of sulfone groups is 1. The van der Waals surface area contributed by atoms with Gasteiger partial charge in [-0.25, -0.2) is 22.6 Å². The summed E-state index contributed by atoms with van der Waals surface area (Å²) in [4.78, 5) is 14.5. The van der Waals surface area contributed by atoms with Crippen molar-refractivity contribution in [3.8, 4) is 17.2 Å². The van der Waals surface area contributed by atoms with Crippen molar-refractivity contribution in [2.75, 3.05) is 12.4 Å². The Morgan fingerprint density at radius 1 is 0.652 bits per heavy atom. The Kier molecular flexibility index (Phi) is 13.5. The van der Waals surface area contributed by atoms with Gasteiger partial charge in [-0.2, -0.15) is 47.1 Å². The zero-order valence-corrected chi connectivity index (χ0v) is 37.4. The average molecular weight is 1060 g/mol. The largest absolute Gasteiger partial charge is 0.505 e. The predicted molar refractivity (Wildman–Crippen MR) is 222 cm³/mol. The first-order valence-corrected chi connectivity index (χ1v) is 25.9. The van der Waals surface area contributed by atoms with E-state index in [0.717, 1.165) is 42.5 Å². The number of H-pyrrole nitrogens is 2. The molecule has 6 rings (SSSR count). The summed E-state index contributed by atoms with van der Waals surface area (Å²) >= 11 is 6.15. The van der Waals surface area contributed by atoms with Gasteiger partial charge >= 0.3 is 31.2 Å². The van der Waals surface area contributed by atoms with Gasteiger partial charge < -0.3 is 18.5 Å². The average Bonchev–Trinajstić information content (AvgIpc) is 3.15. The van der Waals surface area contributed by atoms with Gasteiger partial charge in [0.1, 0.15) is 16.3 Å². The summed E-state index contributed by atoms with van der Waals surface area (Å²) in [5, 5.41) is 16.7. The van der Waals surface area contributed by atoms with E-state index in [1.807, 2.05) is 0 Å². The van der Waals surface area contributed by atoms with Crippen LogP contribution >= 0.6 is 11.6 Å². The lowest BCUT2D eigenvalue weighted by atomic mass is 10.1. The van der Waals surface area contributed by atoms with Gasteiger partial charge in [0, 0.05) is 10.8 Å². The summed E-state index contributed by atoms with van der Waals surface area (Å²) in [5.41, 5.74) is -3.52. The fourth-order valence-electron chi connectivity index (χ4n) is 5.67. The third-order valence-electron chi connectivity index (χ3n) is 8.16. The molecule has 1 aromatic heterocycles. The Morgan fingerprint density at radius 2 is 1.33 bits per heavy atom. The van der Waals surface area contributed by atoms with Crippen LogP contribution in [0.15, 0.2) is 108 Å². The van der Waals surface area contributed by atoms with Crippen molar-refractivity contribution in [1.29, 1.82) is 0 Å². The molecule has 28 nitrogen and oxygen atoms in total. The maximum absolute atomic E-state index is 12.8. The lowest BCUT2D eigenvalue weighted by molar-refractivity contribution is 0.283. The van der Waals surface area contributed by atoms with Crippen LogP contribution in [0, 0.1) is 0 Å². The number of halogens is 1. The summed E-state index contributed by atoms with van der Waals surface area (Å²) in [6.07, 6.45) is 0. The van der Waals surface area contributed by atoms with E-state index >= 15 is 0 Å². The van der Waals surface area contributed by atoms with Crippen LogP contribution in [-0.4, -0.2) is 106 Å². The molecule has 0 radical (unpaired) electrons. The van der Waals surface area contributed by atoms with E-state index in [4.69, 9.17) is 16.2 Å². The first-order valence-electron chi connectivity index (χ1n) is 16.9. The highest BCUT2D eigenvalue weighted by molar-refractivity contribution is 7.91. The van der Waals surface area contributed by atoms with Gasteiger partial charge in [0.2, 0.25) is 16.5 Å². The molecule has 6 aromatic rings. The maximum Gasteiger partial charge on any atom is 0.446 e. The molecule has 0 bridgehead atoms. The Hall–Kier alpha value is -6.02. The van der Waals surface area contributed by atoms with Crippen LogP contribution in [0.25, 0.3) is 21.5 Å². The van der Waals surface area contributed by atoms with Gasteiger partial charge in [0.15, 0.2) is 27.1 Å². The predicted octanol–water partition coefficient (Wildman–Crippen LogP) is 2.73. The van der Waals surface area contributed by atoms with E-state index in [0.29, 0.717) is 18.2 Å². The molecule has 0 saturated carbocycles. The number of nitrogens with one attached hydrogen (secondary N) is 2. The molecule has 1 heterocycles. The van der Waals surface area contributed by atoms with Crippen LogP contribution < -0.4 is 19.6 Å². The fourth-order valence-corrected chi connectivity index (χ4v) is 9.31. The van der Waals surface area contributed by atoms with Gasteiger partial charge in [0.05, 0.1) is 38.9 Å². The third-order valence-corrected chi connectivity index (χ3v) is 12.9. The molecular formula is C31H24ClN7O21S6. The molecule has 0 aliphatic carbocycles. The number of fused-ring (bicyclic) bond motifs is 2. The highest BCUT2D eigenvalue weighted by atomic mass is 35.5. The topological polar surface area (TPSA) is 448 Å². The highest BCUT2D eigenvalue weighted by Crippen LogP contribution is 2.47. The van der Waals surface area contributed by atoms with Crippen LogP contribution in [0.2, 0.25) is 5.28 Å². The highest BCUT2D eigenvalue weighted by Gasteiger charge is 2.27. The number of phenolic OH excluding ortho intramolecular Hbond substituents is 1. The molecule has 0 saturated heterocycles. The molecule has 0 fully saturated rings. The van der Waals surface area contributed by atoms with Crippen molar-refractivity contribution >= 4 is 117 Å². The van der Waals surface area contributed by atoms with Crippen LogP contribution in [0.5, 0.6) is 17.2 Å². The van der Waals surface area contributed by atoms with Crippen molar-refractivity contribution in [3.63, 3.8) is 0 Å². The minimum Gasteiger partial charge on any atom is -0.505 e. The number of hydrogen-bond acceptors (Lipinski definition) is 21. The monoisotopic (exact) mass is 1060 g/mol. The summed E-state index contributed by atoms with van der Waals surface area (Å²) < 4.78 is 205. The van der Waals surface area contributed by atoms with Gasteiger partial charge in [0.25, 0.3) is 20.2 Å². The Morgan fingerprint density at radius 3 is 1.97 bits per heavy atom. The normalized spacial score (nSPS) is 13.8.